The van der Waals surface area contributed by atoms with Crippen LogP contribution in [0.5, 0.6) is 0 Å². The van der Waals surface area contributed by atoms with Gasteiger partial charge in [0, 0.05) is 24.5 Å². The Balaban J connectivity index is 1.76. The van der Waals surface area contributed by atoms with Gasteiger partial charge in [-0.1, -0.05) is 13.8 Å². The molecule has 2 heterocycles. The van der Waals surface area contributed by atoms with Crippen LogP contribution in [-0.4, -0.2) is 137 Å². The molecule has 0 aromatic heterocycles. The van der Waals surface area contributed by atoms with E-state index in [1.165, 1.54) is 0 Å². The Morgan fingerprint density at radius 3 is 2.45 bits per heavy atom. The molecule has 0 radical (unpaired) electrons. The van der Waals surface area contributed by atoms with Crippen LogP contribution in [0.25, 0.3) is 0 Å². The van der Waals surface area contributed by atoms with E-state index < -0.39 is 78.7 Å². The Morgan fingerprint density at radius 2 is 1.81 bits per heavy atom. The molecule has 3 fully saturated rings. The standard InChI is InChI=1S/C27H53N5O10/c1-4-14(11-33)31-10-15-5-6-16(29)25(40-15)41-22-17(30)9-18(32-24(37)19(34)7-8-28)23(21(22)36)42-26-20(35)13(2)27(3,38)12-39-26/h13-23,25-26,31,33-36,38H,4-12,28-30H2,1-3H3,(H,32,37)/t13-,14?,15+,16?,17+,18-,19+,20?,21?,22?,23?,25-,26-,27?/m1/s1. The fourth-order valence-electron chi connectivity index (χ4n) is 5.61. The first-order chi connectivity index (χ1) is 19.8. The summed E-state index contributed by atoms with van der Waals surface area (Å²) >= 11 is 0. The van der Waals surface area contributed by atoms with Crippen LogP contribution in [0.3, 0.4) is 0 Å². The average molecular weight is 608 g/mol. The first kappa shape index (κ1) is 35.4. The zero-order valence-corrected chi connectivity index (χ0v) is 24.9. The Bertz CT molecular complexity index is 839. The molecule has 14 atom stereocenters. The SMILES string of the molecule is CCC(CO)NC[C@@H]1CCC(N)[C@@H](OC2C(O)C(O[C@H]3OCC(C)(O)[C@H](C)C3O)[C@H](NC(=O)[C@@H](O)CCN)C[C@@H]2N)O1. The van der Waals surface area contributed by atoms with E-state index in [2.05, 4.69) is 10.6 Å². The van der Waals surface area contributed by atoms with Crippen LogP contribution in [0.4, 0.5) is 0 Å². The number of hydrogen-bond donors (Lipinski definition) is 10. The lowest BCUT2D eigenvalue weighted by molar-refractivity contribution is -0.314. The van der Waals surface area contributed by atoms with Gasteiger partial charge in [0.05, 0.1) is 37.0 Å². The molecule has 1 amide bonds. The van der Waals surface area contributed by atoms with Gasteiger partial charge in [0.15, 0.2) is 12.6 Å². The molecule has 3 aliphatic rings. The van der Waals surface area contributed by atoms with Crippen molar-refractivity contribution in [3.63, 3.8) is 0 Å². The number of aliphatic hydroxyl groups excluding tert-OH is 4. The van der Waals surface area contributed by atoms with Crippen molar-refractivity contribution in [2.45, 2.75) is 132 Å². The van der Waals surface area contributed by atoms with E-state index in [0.717, 1.165) is 6.42 Å². The molecule has 1 aliphatic carbocycles. The number of hydrogen-bond acceptors (Lipinski definition) is 14. The molecule has 42 heavy (non-hydrogen) atoms. The van der Waals surface area contributed by atoms with Crippen molar-refractivity contribution < 1.29 is 49.3 Å². The molecule has 2 aliphatic heterocycles. The fraction of sp³-hybridized carbons (Fsp3) is 0.963. The largest absolute Gasteiger partial charge is 0.395 e. The molecule has 13 N–H and O–H groups in total. The maximum Gasteiger partial charge on any atom is 0.249 e. The summed E-state index contributed by atoms with van der Waals surface area (Å²) in [6.07, 6.45) is -6.45. The minimum Gasteiger partial charge on any atom is -0.395 e. The number of amides is 1. The first-order valence-corrected chi connectivity index (χ1v) is 15.0. The summed E-state index contributed by atoms with van der Waals surface area (Å²) in [6.45, 7) is 5.62. The number of aliphatic hydroxyl groups is 5. The summed E-state index contributed by atoms with van der Waals surface area (Å²) < 4.78 is 24.0. The van der Waals surface area contributed by atoms with Crippen molar-refractivity contribution >= 4 is 5.91 Å². The van der Waals surface area contributed by atoms with Gasteiger partial charge in [-0.15, -0.1) is 0 Å². The quantitative estimate of drug-likeness (QED) is 0.0968. The molecule has 15 nitrogen and oxygen atoms in total. The third-order valence-electron chi connectivity index (χ3n) is 8.83. The average Bonchev–Trinajstić information content (AvgIpc) is 2.95. The first-order valence-electron chi connectivity index (χ1n) is 15.0. The Labute approximate surface area is 247 Å². The van der Waals surface area contributed by atoms with Crippen molar-refractivity contribution in [2.75, 3.05) is 26.3 Å². The van der Waals surface area contributed by atoms with Crippen LogP contribution in [0.1, 0.15) is 52.9 Å². The van der Waals surface area contributed by atoms with Gasteiger partial charge < -0.3 is 72.3 Å². The number of rotatable bonds is 13. The normalized spacial score (nSPS) is 42.6. The van der Waals surface area contributed by atoms with Gasteiger partial charge in [-0.25, -0.2) is 0 Å². The van der Waals surface area contributed by atoms with Crippen molar-refractivity contribution in [3.8, 4) is 0 Å². The van der Waals surface area contributed by atoms with E-state index in [1.807, 2.05) is 6.92 Å². The van der Waals surface area contributed by atoms with E-state index in [0.29, 0.717) is 19.4 Å². The summed E-state index contributed by atoms with van der Waals surface area (Å²) in [5.74, 6) is -1.33. The molecule has 15 heteroatoms. The van der Waals surface area contributed by atoms with Gasteiger partial charge in [0.2, 0.25) is 5.91 Å². The smallest absolute Gasteiger partial charge is 0.249 e. The second kappa shape index (κ2) is 15.8. The Hall–Kier alpha value is -1.05. The highest BCUT2D eigenvalue weighted by atomic mass is 16.7. The van der Waals surface area contributed by atoms with Crippen LogP contribution >= 0.6 is 0 Å². The van der Waals surface area contributed by atoms with Crippen molar-refractivity contribution in [1.82, 2.24) is 10.6 Å². The summed E-state index contributed by atoms with van der Waals surface area (Å²) in [4.78, 5) is 12.7. The van der Waals surface area contributed by atoms with Gasteiger partial charge in [0.1, 0.15) is 30.5 Å². The van der Waals surface area contributed by atoms with Crippen LogP contribution in [0.2, 0.25) is 0 Å². The highest BCUT2D eigenvalue weighted by molar-refractivity contribution is 5.80. The van der Waals surface area contributed by atoms with Crippen LogP contribution in [-0.2, 0) is 23.7 Å². The topological polar surface area (TPSA) is 257 Å². The molecule has 7 unspecified atom stereocenters. The maximum absolute atomic E-state index is 12.7. The van der Waals surface area contributed by atoms with E-state index in [-0.39, 0.29) is 44.7 Å². The molecule has 0 aromatic rings. The molecular formula is C27H53N5O10. The van der Waals surface area contributed by atoms with Crippen LogP contribution in [0, 0.1) is 5.92 Å². The van der Waals surface area contributed by atoms with E-state index in [4.69, 9.17) is 36.1 Å². The molecule has 0 bridgehead atoms. The van der Waals surface area contributed by atoms with Crippen molar-refractivity contribution in [1.29, 1.82) is 0 Å². The number of carbonyl (C=O) groups excluding carboxylic acids is 1. The zero-order valence-electron chi connectivity index (χ0n) is 24.9. The van der Waals surface area contributed by atoms with E-state index >= 15 is 0 Å². The highest BCUT2D eigenvalue weighted by Gasteiger charge is 2.51. The molecule has 0 aromatic carbocycles. The number of nitrogens with two attached hydrogens (primary N) is 3. The van der Waals surface area contributed by atoms with Crippen LogP contribution in [0.15, 0.2) is 0 Å². The minimum absolute atomic E-state index is 0.00382. The lowest BCUT2D eigenvalue weighted by atomic mass is 9.82. The Kier molecular flexibility index (Phi) is 13.3. The minimum atomic E-state index is -1.42. The van der Waals surface area contributed by atoms with Gasteiger partial charge in [-0.05, 0) is 45.6 Å². The monoisotopic (exact) mass is 607 g/mol. The van der Waals surface area contributed by atoms with Gasteiger partial charge >= 0.3 is 0 Å². The van der Waals surface area contributed by atoms with E-state index in [1.54, 1.807) is 13.8 Å². The maximum atomic E-state index is 12.7. The van der Waals surface area contributed by atoms with Gasteiger partial charge in [0.25, 0.3) is 0 Å². The molecule has 0 spiro atoms. The van der Waals surface area contributed by atoms with Crippen molar-refractivity contribution in [3.05, 3.63) is 0 Å². The molecule has 3 rings (SSSR count). The second-order valence-corrected chi connectivity index (χ2v) is 12.2. The summed E-state index contributed by atoms with van der Waals surface area (Å²) in [5, 5.41) is 58.5. The lowest BCUT2D eigenvalue weighted by Gasteiger charge is -2.48. The van der Waals surface area contributed by atoms with E-state index in [9.17, 15) is 30.3 Å². The molecule has 1 saturated carbocycles. The molecular weight excluding hydrogens is 554 g/mol. The highest BCUT2D eigenvalue weighted by Crippen LogP contribution is 2.34. The number of nitrogens with one attached hydrogen (secondary N) is 2. The fourth-order valence-corrected chi connectivity index (χ4v) is 5.61. The number of ether oxygens (including phenoxy) is 4. The third-order valence-corrected chi connectivity index (χ3v) is 8.83. The van der Waals surface area contributed by atoms with Crippen LogP contribution < -0.4 is 27.8 Å². The molecule has 246 valence electrons. The lowest BCUT2D eigenvalue weighted by Crippen LogP contribution is -2.68. The summed E-state index contributed by atoms with van der Waals surface area (Å²) in [7, 11) is 0. The third kappa shape index (κ3) is 8.78. The van der Waals surface area contributed by atoms with Crippen molar-refractivity contribution in [2.24, 2.45) is 23.1 Å². The second-order valence-electron chi connectivity index (χ2n) is 12.2. The molecule has 2 saturated heterocycles. The predicted molar refractivity (Wildman–Crippen MR) is 151 cm³/mol. The summed E-state index contributed by atoms with van der Waals surface area (Å²) in [6, 6.07) is -2.22. The van der Waals surface area contributed by atoms with Gasteiger partial charge in [-0.2, -0.15) is 0 Å². The number of carbonyl (C=O) groups is 1. The zero-order chi connectivity index (χ0) is 31.2. The Morgan fingerprint density at radius 1 is 1.12 bits per heavy atom. The summed E-state index contributed by atoms with van der Waals surface area (Å²) in [5.41, 5.74) is 17.0. The predicted octanol–water partition coefficient (Wildman–Crippen LogP) is -3.66. The van der Waals surface area contributed by atoms with Gasteiger partial charge in [-0.3, -0.25) is 4.79 Å².